The molecule has 0 amide bonds. The number of hydrogen-bond donors (Lipinski definition) is 1. The fraction of sp³-hybridized carbons (Fsp3) is 0.133. The quantitative estimate of drug-likeness (QED) is 0.570. The van der Waals surface area contributed by atoms with Crippen LogP contribution < -0.4 is 10.5 Å². The van der Waals surface area contributed by atoms with Crippen molar-refractivity contribution in [3.05, 3.63) is 48.4 Å². The Labute approximate surface area is 126 Å². The molecule has 0 unspecified atom stereocenters. The summed E-state index contributed by atoms with van der Waals surface area (Å²) in [5.74, 6) is 2.72. The van der Waals surface area contributed by atoms with Crippen molar-refractivity contribution in [2.24, 2.45) is 0 Å². The summed E-state index contributed by atoms with van der Waals surface area (Å²) in [4.78, 5) is 0.955. The SMILES string of the molecule is COc1ccc(N)c(SCc2cc(-c3ccco3)on2)c1. The number of nitrogen functional groups attached to an aromatic ring is 1. The largest absolute Gasteiger partial charge is 0.497 e. The van der Waals surface area contributed by atoms with E-state index in [9.17, 15) is 0 Å². The zero-order valence-electron chi connectivity index (χ0n) is 11.4. The summed E-state index contributed by atoms with van der Waals surface area (Å²) >= 11 is 1.58. The topological polar surface area (TPSA) is 74.4 Å². The van der Waals surface area contributed by atoms with Crippen LogP contribution in [0.4, 0.5) is 5.69 Å². The maximum absolute atomic E-state index is 5.96. The second-order valence-corrected chi connectivity index (χ2v) is 5.37. The molecule has 0 saturated carbocycles. The van der Waals surface area contributed by atoms with Crippen molar-refractivity contribution < 1.29 is 13.7 Å². The standard InChI is InChI=1S/C15H14N2O3S/c1-18-11-4-5-12(16)15(8-11)21-9-10-7-14(20-17-10)13-3-2-6-19-13/h2-8H,9,16H2,1H3. The van der Waals surface area contributed by atoms with Crippen molar-refractivity contribution in [3.8, 4) is 17.3 Å². The van der Waals surface area contributed by atoms with Gasteiger partial charge in [-0.2, -0.15) is 0 Å². The van der Waals surface area contributed by atoms with Crippen molar-refractivity contribution >= 4 is 17.4 Å². The molecule has 3 rings (SSSR count). The van der Waals surface area contributed by atoms with Gasteiger partial charge in [-0.3, -0.25) is 0 Å². The van der Waals surface area contributed by atoms with E-state index in [1.54, 1.807) is 25.1 Å². The monoisotopic (exact) mass is 302 g/mol. The van der Waals surface area contributed by atoms with E-state index in [2.05, 4.69) is 5.16 Å². The van der Waals surface area contributed by atoms with Crippen LogP contribution >= 0.6 is 11.8 Å². The number of nitrogens with zero attached hydrogens (tertiary/aromatic N) is 1. The molecule has 0 aliphatic heterocycles. The van der Waals surface area contributed by atoms with E-state index in [-0.39, 0.29) is 0 Å². The van der Waals surface area contributed by atoms with Crippen LogP contribution in [0.15, 0.2) is 56.5 Å². The van der Waals surface area contributed by atoms with Gasteiger partial charge in [-0.1, -0.05) is 5.16 Å². The number of methoxy groups -OCH3 is 1. The van der Waals surface area contributed by atoms with Crippen molar-refractivity contribution in [2.75, 3.05) is 12.8 Å². The van der Waals surface area contributed by atoms with Crippen LogP contribution in [-0.2, 0) is 5.75 Å². The Morgan fingerprint density at radius 3 is 2.90 bits per heavy atom. The lowest BCUT2D eigenvalue weighted by molar-refractivity contribution is 0.413. The molecule has 0 aliphatic rings. The highest BCUT2D eigenvalue weighted by atomic mass is 32.2. The van der Waals surface area contributed by atoms with E-state index in [0.717, 1.165) is 22.0 Å². The molecule has 0 radical (unpaired) electrons. The molecule has 3 aromatic rings. The third-order valence-electron chi connectivity index (χ3n) is 2.92. The molecule has 2 heterocycles. The molecule has 108 valence electrons. The number of nitrogens with two attached hydrogens (primary N) is 1. The molecule has 0 saturated heterocycles. The molecule has 21 heavy (non-hydrogen) atoms. The first-order chi connectivity index (χ1) is 10.3. The van der Waals surface area contributed by atoms with Crippen LogP contribution in [0.3, 0.4) is 0 Å². The molecule has 2 aromatic heterocycles. The van der Waals surface area contributed by atoms with Gasteiger partial charge in [0.2, 0.25) is 5.76 Å². The Kier molecular flexibility index (Phi) is 3.87. The zero-order valence-corrected chi connectivity index (χ0v) is 12.2. The van der Waals surface area contributed by atoms with Crippen LogP contribution in [0.1, 0.15) is 5.69 Å². The summed E-state index contributed by atoms with van der Waals surface area (Å²) in [7, 11) is 1.63. The van der Waals surface area contributed by atoms with Gasteiger partial charge in [0.1, 0.15) is 5.75 Å². The average Bonchev–Trinajstić information content (AvgIpc) is 3.17. The molecule has 2 N–H and O–H groups in total. The van der Waals surface area contributed by atoms with Gasteiger partial charge in [0.25, 0.3) is 0 Å². The number of benzene rings is 1. The second-order valence-electron chi connectivity index (χ2n) is 4.35. The van der Waals surface area contributed by atoms with Crippen LogP contribution in [0.5, 0.6) is 5.75 Å². The van der Waals surface area contributed by atoms with Crippen LogP contribution in [0.25, 0.3) is 11.5 Å². The predicted molar refractivity (Wildman–Crippen MR) is 81.2 cm³/mol. The van der Waals surface area contributed by atoms with Crippen LogP contribution in [0, 0.1) is 0 Å². The molecule has 5 nitrogen and oxygen atoms in total. The van der Waals surface area contributed by atoms with E-state index in [1.165, 1.54) is 0 Å². The Morgan fingerprint density at radius 1 is 1.24 bits per heavy atom. The van der Waals surface area contributed by atoms with Gasteiger partial charge in [0, 0.05) is 22.4 Å². The highest BCUT2D eigenvalue weighted by molar-refractivity contribution is 7.98. The molecule has 0 atom stereocenters. The van der Waals surface area contributed by atoms with Crippen molar-refractivity contribution in [3.63, 3.8) is 0 Å². The van der Waals surface area contributed by atoms with Crippen molar-refractivity contribution in [1.82, 2.24) is 5.16 Å². The predicted octanol–water partition coefficient (Wildman–Crippen LogP) is 3.82. The molecule has 0 fully saturated rings. The van der Waals surface area contributed by atoms with E-state index in [4.69, 9.17) is 19.4 Å². The summed E-state index contributed by atoms with van der Waals surface area (Å²) in [6, 6.07) is 11.1. The number of ether oxygens (including phenoxy) is 1. The summed E-state index contributed by atoms with van der Waals surface area (Å²) in [5.41, 5.74) is 7.50. The Balaban J connectivity index is 1.71. The maximum atomic E-state index is 5.96. The third-order valence-corrected chi connectivity index (χ3v) is 4.02. The summed E-state index contributed by atoms with van der Waals surface area (Å²) in [6.07, 6.45) is 1.60. The summed E-state index contributed by atoms with van der Waals surface area (Å²) in [6.45, 7) is 0. The molecule has 0 bridgehead atoms. The Hall–Kier alpha value is -2.34. The lowest BCUT2D eigenvalue weighted by Crippen LogP contribution is -1.91. The minimum atomic E-state index is 0.620. The lowest BCUT2D eigenvalue weighted by Gasteiger charge is -2.06. The maximum Gasteiger partial charge on any atom is 0.202 e. The first-order valence-electron chi connectivity index (χ1n) is 6.32. The molecule has 0 aliphatic carbocycles. The van der Waals surface area contributed by atoms with E-state index in [1.807, 2.05) is 36.4 Å². The number of aromatic nitrogens is 1. The molecule has 0 spiro atoms. The van der Waals surface area contributed by atoms with Gasteiger partial charge in [-0.15, -0.1) is 11.8 Å². The minimum absolute atomic E-state index is 0.620. The highest BCUT2D eigenvalue weighted by Gasteiger charge is 2.10. The molecular formula is C15H14N2O3S. The number of furan rings is 1. The van der Waals surface area contributed by atoms with Crippen LogP contribution in [0.2, 0.25) is 0 Å². The average molecular weight is 302 g/mol. The number of rotatable bonds is 5. The smallest absolute Gasteiger partial charge is 0.202 e. The van der Waals surface area contributed by atoms with Crippen LogP contribution in [-0.4, -0.2) is 12.3 Å². The fourth-order valence-electron chi connectivity index (χ4n) is 1.83. The molecular weight excluding hydrogens is 288 g/mol. The fourth-order valence-corrected chi connectivity index (χ4v) is 2.71. The normalized spacial score (nSPS) is 10.7. The van der Waals surface area contributed by atoms with Gasteiger partial charge in [0.15, 0.2) is 5.76 Å². The highest BCUT2D eigenvalue weighted by Crippen LogP contribution is 2.32. The van der Waals surface area contributed by atoms with Crippen molar-refractivity contribution in [2.45, 2.75) is 10.6 Å². The first-order valence-corrected chi connectivity index (χ1v) is 7.30. The Morgan fingerprint density at radius 2 is 2.14 bits per heavy atom. The van der Waals surface area contributed by atoms with E-state index >= 15 is 0 Å². The van der Waals surface area contributed by atoms with Gasteiger partial charge >= 0.3 is 0 Å². The number of thioether (sulfide) groups is 1. The lowest BCUT2D eigenvalue weighted by atomic mass is 10.3. The van der Waals surface area contributed by atoms with Gasteiger partial charge in [0.05, 0.1) is 19.1 Å². The number of hydrogen-bond acceptors (Lipinski definition) is 6. The van der Waals surface area contributed by atoms with Gasteiger partial charge in [-0.05, 0) is 30.3 Å². The zero-order chi connectivity index (χ0) is 14.7. The second kappa shape index (κ2) is 5.97. The summed E-state index contributed by atoms with van der Waals surface area (Å²) in [5, 5.41) is 4.03. The minimum Gasteiger partial charge on any atom is -0.497 e. The third kappa shape index (κ3) is 3.05. The Bertz CT molecular complexity index is 722. The molecule has 6 heteroatoms. The molecule has 1 aromatic carbocycles. The number of anilines is 1. The van der Waals surface area contributed by atoms with Crippen molar-refractivity contribution in [1.29, 1.82) is 0 Å². The van der Waals surface area contributed by atoms with Gasteiger partial charge < -0.3 is 19.4 Å². The van der Waals surface area contributed by atoms with E-state index < -0.39 is 0 Å². The first kappa shape index (κ1) is 13.6. The summed E-state index contributed by atoms with van der Waals surface area (Å²) < 4.78 is 15.7. The van der Waals surface area contributed by atoms with Gasteiger partial charge in [-0.25, -0.2) is 0 Å². The van der Waals surface area contributed by atoms with E-state index in [0.29, 0.717) is 17.3 Å².